The van der Waals surface area contributed by atoms with Crippen LogP contribution in [0.1, 0.15) is 12.8 Å². The van der Waals surface area contributed by atoms with Crippen molar-refractivity contribution >= 4 is 15.9 Å². The normalized spacial score (nSPS) is 17.5. The molecule has 0 saturated heterocycles. The highest BCUT2D eigenvalue weighted by atomic mass is 79.9. The predicted octanol–water partition coefficient (Wildman–Crippen LogP) is 2.85. The highest BCUT2D eigenvalue weighted by molar-refractivity contribution is 9.10. The second-order valence-electron chi connectivity index (χ2n) is 4.05. The van der Waals surface area contributed by atoms with Gasteiger partial charge in [0, 0.05) is 17.0 Å². The van der Waals surface area contributed by atoms with E-state index in [0.717, 1.165) is 10.2 Å². The van der Waals surface area contributed by atoms with Gasteiger partial charge in [-0.1, -0.05) is 15.9 Å². The van der Waals surface area contributed by atoms with Crippen LogP contribution in [0.15, 0.2) is 28.7 Å². The van der Waals surface area contributed by atoms with Gasteiger partial charge in [0.25, 0.3) is 0 Å². The molecule has 1 aliphatic carbocycles. The van der Waals surface area contributed by atoms with Crippen molar-refractivity contribution in [2.75, 3.05) is 13.2 Å². The molecule has 0 spiro atoms. The summed E-state index contributed by atoms with van der Waals surface area (Å²) in [6.45, 7) is 0.865. The first-order valence-corrected chi connectivity index (χ1v) is 6.08. The van der Waals surface area contributed by atoms with Crippen molar-refractivity contribution in [2.24, 2.45) is 11.8 Å². The fraction of sp³-hybridized carbons (Fsp3) is 0.500. The van der Waals surface area contributed by atoms with E-state index in [1.165, 1.54) is 12.8 Å². The zero-order valence-corrected chi connectivity index (χ0v) is 10.1. The van der Waals surface area contributed by atoms with E-state index < -0.39 is 0 Å². The predicted molar refractivity (Wildman–Crippen MR) is 62.9 cm³/mol. The lowest BCUT2D eigenvalue weighted by Gasteiger charge is -2.14. The van der Waals surface area contributed by atoms with Crippen LogP contribution in [0.2, 0.25) is 0 Å². The highest BCUT2D eigenvalue weighted by Gasteiger charge is 2.30. The van der Waals surface area contributed by atoms with Gasteiger partial charge >= 0.3 is 0 Å². The van der Waals surface area contributed by atoms with Gasteiger partial charge in [-0.25, -0.2) is 0 Å². The molecule has 0 radical (unpaired) electrons. The second-order valence-corrected chi connectivity index (χ2v) is 4.96. The lowest BCUT2D eigenvalue weighted by Crippen LogP contribution is -2.17. The van der Waals surface area contributed by atoms with Gasteiger partial charge in [-0.3, -0.25) is 0 Å². The van der Waals surface area contributed by atoms with Crippen molar-refractivity contribution in [3.05, 3.63) is 28.7 Å². The quantitative estimate of drug-likeness (QED) is 0.892. The molecular weight excluding hydrogens is 256 g/mol. The van der Waals surface area contributed by atoms with Crippen LogP contribution in [-0.2, 0) is 0 Å². The van der Waals surface area contributed by atoms with Gasteiger partial charge in [-0.15, -0.1) is 0 Å². The van der Waals surface area contributed by atoms with E-state index in [1.807, 2.05) is 24.3 Å². The monoisotopic (exact) mass is 270 g/mol. The number of rotatable bonds is 5. The van der Waals surface area contributed by atoms with E-state index in [2.05, 4.69) is 15.9 Å². The molecule has 2 nitrogen and oxygen atoms in total. The molecule has 2 rings (SSSR count). The molecule has 1 atom stereocenters. The Hall–Kier alpha value is -0.540. The Morgan fingerprint density at radius 2 is 2.00 bits per heavy atom. The Morgan fingerprint density at radius 1 is 1.33 bits per heavy atom. The summed E-state index contributed by atoms with van der Waals surface area (Å²) in [6.07, 6.45) is 2.49. The number of benzene rings is 1. The molecule has 1 saturated carbocycles. The summed E-state index contributed by atoms with van der Waals surface area (Å²) in [7, 11) is 0. The van der Waals surface area contributed by atoms with Crippen LogP contribution in [0.5, 0.6) is 5.75 Å². The Bertz CT molecular complexity index is 306. The molecule has 82 valence electrons. The van der Waals surface area contributed by atoms with Gasteiger partial charge in [0.15, 0.2) is 0 Å². The van der Waals surface area contributed by atoms with Crippen molar-refractivity contribution in [2.45, 2.75) is 12.8 Å². The first kappa shape index (κ1) is 11.0. The van der Waals surface area contributed by atoms with Crippen molar-refractivity contribution in [1.29, 1.82) is 0 Å². The number of aliphatic hydroxyl groups excluding tert-OH is 1. The van der Waals surface area contributed by atoms with Crippen molar-refractivity contribution < 1.29 is 9.84 Å². The molecule has 15 heavy (non-hydrogen) atoms. The number of hydrogen-bond donors (Lipinski definition) is 1. The molecular formula is C12H15BrO2. The van der Waals surface area contributed by atoms with E-state index in [1.54, 1.807) is 0 Å². The number of halogens is 1. The first-order valence-electron chi connectivity index (χ1n) is 5.29. The van der Waals surface area contributed by atoms with Gasteiger partial charge in [-0.05, 0) is 43.0 Å². The lowest BCUT2D eigenvalue weighted by atomic mass is 10.1. The fourth-order valence-corrected chi connectivity index (χ4v) is 1.90. The van der Waals surface area contributed by atoms with Crippen LogP contribution < -0.4 is 4.74 Å². The van der Waals surface area contributed by atoms with E-state index in [4.69, 9.17) is 4.74 Å². The summed E-state index contributed by atoms with van der Waals surface area (Å²) < 4.78 is 6.69. The molecule has 1 N–H and O–H groups in total. The molecule has 1 aromatic carbocycles. The summed E-state index contributed by atoms with van der Waals surface area (Å²) in [5.74, 6) is 1.87. The Labute approximate surface area is 98.4 Å². The van der Waals surface area contributed by atoms with Crippen LogP contribution in [0, 0.1) is 11.8 Å². The van der Waals surface area contributed by atoms with Crippen LogP contribution >= 0.6 is 15.9 Å². The SMILES string of the molecule is OCC(COc1ccc(Br)cc1)C1CC1. The summed E-state index contributed by atoms with van der Waals surface area (Å²) in [4.78, 5) is 0. The fourth-order valence-electron chi connectivity index (χ4n) is 1.64. The summed E-state index contributed by atoms with van der Waals surface area (Å²) in [6, 6.07) is 7.79. The van der Waals surface area contributed by atoms with Crippen LogP contribution in [0.25, 0.3) is 0 Å². The lowest BCUT2D eigenvalue weighted by molar-refractivity contribution is 0.147. The molecule has 1 aliphatic rings. The zero-order chi connectivity index (χ0) is 10.7. The third-order valence-electron chi connectivity index (χ3n) is 2.80. The smallest absolute Gasteiger partial charge is 0.119 e. The average Bonchev–Trinajstić information content (AvgIpc) is 3.06. The highest BCUT2D eigenvalue weighted by Crippen LogP contribution is 2.36. The molecule has 1 aromatic rings. The molecule has 0 bridgehead atoms. The minimum Gasteiger partial charge on any atom is -0.493 e. The maximum atomic E-state index is 9.17. The van der Waals surface area contributed by atoms with Gasteiger partial charge in [0.1, 0.15) is 5.75 Å². The first-order chi connectivity index (χ1) is 7.29. The summed E-state index contributed by atoms with van der Waals surface area (Å²) >= 11 is 3.38. The molecule has 0 heterocycles. The van der Waals surface area contributed by atoms with Crippen molar-refractivity contribution in [1.82, 2.24) is 0 Å². The van der Waals surface area contributed by atoms with Gasteiger partial charge in [-0.2, -0.15) is 0 Å². The number of hydrogen-bond acceptors (Lipinski definition) is 2. The van der Waals surface area contributed by atoms with E-state index in [9.17, 15) is 5.11 Å². The summed E-state index contributed by atoms with van der Waals surface area (Å²) in [5.41, 5.74) is 0. The number of aliphatic hydroxyl groups is 1. The van der Waals surface area contributed by atoms with Gasteiger partial charge in [0.05, 0.1) is 6.61 Å². The van der Waals surface area contributed by atoms with Crippen molar-refractivity contribution in [3.8, 4) is 5.75 Å². The Balaban J connectivity index is 1.83. The standard InChI is InChI=1S/C12H15BrO2/c13-11-3-5-12(6-4-11)15-8-10(7-14)9-1-2-9/h3-6,9-10,14H,1-2,7-8H2. The van der Waals surface area contributed by atoms with Crippen LogP contribution in [-0.4, -0.2) is 18.3 Å². The molecule has 0 aliphatic heterocycles. The number of ether oxygens (including phenoxy) is 1. The molecule has 1 fully saturated rings. The van der Waals surface area contributed by atoms with Crippen LogP contribution in [0.4, 0.5) is 0 Å². The van der Waals surface area contributed by atoms with Gasteiger partial charge in [0.2, 0.25) is 0 Å². The van der Waals surface area contributed by atoms with Gasteiger partial charge < -0.3 is 9.84 Å². The molecule has 0 aromatic heterocycles. The third-order valence-corrected chi connectivity index (χ3v) is 3.33. The van der Waals surface area contributed by atoms with Crippen LogP contribution in [0.3, 0.4) is 0 Å². The average molecular weight is 271 g/mol. The largest absolute Gasteiger partial charge is 0.493 e. The third kappa shape index (κ3) is 3.21. The second kappa shape index (κ2) is 4.99. The minimum atomic E-state index is 0.237. The molecule has 3 heteroatoms. The van der Waals surface area contributed by atoms with E-state index in [0.29, 0.717) is 18.4 Å². The zero-order valence-electron chi connectivity index (χ0n) is 8.53. The Morgan fingerprint density at radius 3 is 2.53 bits per heavy atom. The molecule has 1 unspecified atom stereocenters. The maximum Gasteiger partial charge on any atom is 0.119 e. The van der Waals surface area contributed by atoms with E-state index >= 15 is 0 Å². The maximum absolute atomic E-state index is 9.17. The summed E-state index contributed by atoms with van der Waals surface area (Å²) in [5, 5.41) is 9.17. The topological polar surface area (TPSA) is 29.5 Å². The molecule has 0 amide bonds. The minimum absolute atomic E-state index is 0.237. The Kier molecular flexibility index (Phi) is 3.65. The van der Waals surface area contributed by atoms with Crippen molar-refractivity contribution in [3.63, 3.8) is 0 Å². The van der Waals surface area contributed by atoms with E-state index in [-0.39, 0.29) is 6.61 Å².